The van der Waals surface area contributed by atoms with Crippen LogP contribution in [0.15, 0.2) is 9.42 Å². The van der Waals surface area contributed by atoms with Gasteiger partial charge in [-0.05, 0) is 38.6 Å². The van der Waals surface area contributed by atoms with E-state index in [0.717, 1.165) is 25.9 Å². The van der Waals surface area contributed by atoms with Crippen LogP contribution in [0.3, 0.4) is 0 Å². The lowest BCUT2D eigenvalue weighted by Crippen LogP contribution is -2.45. The summed E-state index contributed by atoms with van der Waals surface area (Å²) in [6, 6.07) is 0. The van der Waals surface area contributed by atoms with E-state index in [9.17, 15) is 8.42 Å². The summed E-state index contributed by atoms with van der Waals surface area (Å²) in [5.41, 5.74) is 0.363. The van der Waals surface area contributed by atoms with Gasteiger partial charge in [0.15, 0.2) is 5.76 Å². The minimum atomic E-state index is -3.55. The number of piperidine rings is 1. The van der Waals surface area contributed by atoms with Crippen LogP contribution in [0, 0.1) is 19.3 Å². The van der Waals surface area contributed by atoms with Crippen LogP contribution in [0.5, 0.6) is 0 Å². The van der Waals surface area contributed by atoms with Gasteiger partial charge in [-0.3, -0.25) is 0 Å². The molecule has 2 N–H and O–H groups in total. The summed E-state index contributed by atoms with van der Waals surface area (Å²) in [6.07, 6.45) is 2.09. The molecule has 0 radical (unpaired) electrons. The zero-order valence-corrected chi connectivity index (χ0v) is 12.4. The first-order valence-corrected chi connectivity index (χ1v) is 7.96. The highest BCUT2D eigenvalue weighted by atomic mass is 32.2. The third-order valence-corrected chi connectivity index (χ3v) is 5.26. The molecule has 1 saturated heterocycles. The Morgan fingerprint density at radius 2 is 2.21 bits per heavy atom. The molecular formula is C12H21N3O3S. The molecule has 0 amide bonds. The van der Waals surface area contributed by atoms with Crippen LogP contribution >= 0.6 is 0 Å². The predicted molar refractivity (Wildman–Crippen MR) is 71.4 cm³/mol. The number of sulfonamides is 1. The van der Waals surface area contributed by atoms with Crippen LogP contribution in [-0.2, 0) is 10.0 Å². The summed E-state index contributed by atoms with van der Waals surface area (Å²) in [6.45, 7) is 7.60. The third-order valence-electron chi connectivity index (χ3n) is 3.61. The van der Waals surface area contributed by atoms with Gasteiger partial charge in [-0.1, -0.05) is 12.1 Å². The molecule has 1 aromatic heterocycles. The Morgan fingerprint density at radius 3 is 2.74 bits per heavy atom. The standard InChI is InChI=1S/C12H21N3O3S/c1-9-11(10(2)18-15-9)19(16,17)14-8-12(3)5-4-6-13-7-12/h13-14H,4-8H2,1-3H3. The van der Waals surface area contributed by atoms with Gasteiger partial charge in [0, 0.05) is 13.1 Å². The number of nitrogens with zero attached hydrogens (tertiary/aromatic N) is 1. The molecule has 1 unspecified atom stereocenters. The molecule has 7 heteroatoms. The normalized spacial score (nSPS) is 24.6. The van der Waals surface area contributed by atoms with Crippen molar-refractivity contribution in [2.75, 3.05) is 19.6 Å². The fourth-order valence-electron chi connectivity index (χ4n) is 2.47. The van der Waals surface area contributed by atoms with Crippen molar-refractivity contribution in [3.05, 3.63) is 11.5 Å². The average Bonchev–Trinajstić information content (AvgIpc) is 2.68. The molecule has 0 saturated carbocycles. The lowest BCUT2D eigenvalue weighted by molar-refractivity contribution is 0.238. The van der Waals surface area contributed by atoms with Crippen LogP contribution in [0.25, 0.3) is 0 Å². The topological polar surface area (TPSA) is 84.2 Å². The van der Waals surface area contributed by atoms with Crippen molar-refractivity contribution in [2.24, 2.45) is 5.41 Å². The monoisotopic (exact) mass is 287 g/mol. The molecule has 1 aromatic rings. The van der Waals surface area contributed by atoms with E-state index in [-0.39, 0.29) is 10.3 Å². The van der Waals surface area contributed by atoms with Crippen LogP contribution in [0.2, 0.25) is 0 Å². The van der Waals surface area contributed by atoms with Crippen molar-refractivity contribution in [1.29, 1.82) is 0 Å². The highest BCUT2D eigenvalue weighted by Gasteiger charge is 2.30. The molecule has 2 rings (SSSR count). The second kappa shape index (κ2) is 5.22. The fraction of sp³-hybridized carbons (Fsp3) is 0.750. The molecule has 6 nitrogen and oxygen atoms in total. The first-order chi connectivity index (χ1) is 8.84. The Balaban J connectivity index is 2.10. The number of rotatable bonds is 4. The van der Waals surface area contributed by atoms with E-state index >= 15 is 0 Å². The Kier molecular flexibility index (Phi) is 3.98. The first-order valence-electron chi connectivity index (χ1n) is 6.47. The zero-order valence-electron chi connectivity index (χ0n) is 11.6. The van der Waals surface area contributed by atoms with Gasteiger partial charge in [0.25, 0.3) is 0 Å². The number of aryl methyl sites for hydroxylation is 2. The van der Waals surface area contributed by atoms with Gasteiger partial charge in [-0.15, -0.1) is 0 Å². The largest absolute Gasteiger partial charge is 0.360 e. The molecule has 1 aliphatic heterocycles. The molecule has 19 heavy (non-hydrogen) atoms. The number of aromatic nitrogens is 1. The minimum absolute atomic E-state index is 0.0374. The molecule has 1 atom stereocenters. The number of nitrogens with one attached hydrogen (secondary N) is 2. The molecule has 1 aliphatic rings. The molecule has 108 valence electrons. The molecule has 0 aliphatic carbocycles. The van der Waals surface area contributed by atoms with E-state index in [4.69, 9.17) is 4.52 Å². The quantitative estimate of drug-likeness (QED) is 0.861. The molecule has 0 bridgehead atoms. The Bertz CT molecular complexity index is 525. The summed E-state index contributed by atoms with van der Waals surface area (Å²) in [7, 11) is -3.55. The van der Waals surface area contributed by atoms with Gasteiger partial charge in [-0.25, -0.2) is 13.1 Å². The van der Waals surface area contributed by atoms with Crippen molar-refractivity contribution >= 4 is 10.0 Å². The summed E-state index contributed by atoms with van der Waals surface area (Å²) < 4.78 is 32.2. The van der Waals surface area contributed by atoms with Gasteiger partial charge >= 0.3 is 0 Å². The van der Waals surface area contributed by atoms with Crippen molar-refractivity contribution in [2.45, 2.75) is 38.5 Å². The van der Waals surface area contributed by atoms with Gasteiger partial charge in [0.2, 0.25) is 10.0 Å². The Hall–Kier alpha value is -0.920. The van der Waals surface area contributed by atoms with Crippen LogP contribution in [0.4, 0.5) is 0 Å². The minimum Gasteiger partial charge on any atom is -0.360 e. The van der Waals surface area contributed by atoms with Gasteiger partial charge in [-0.2, -0.15) is 0 Å². The smallest absolute Gasteiger partial charge is 0.245 e. The summed E-state index contributed by atoms with van der Waals surface area (Å²) in [4.78, 5) is 0.167. The predicted octanol–water partition coefficient (Wildman–Crippen LogP) is 0.959. The van der Waals surface area contributed by atoms with Crippen molar-refractivity contribution in [3.63, 3.8) is 0 Å². The van der Waals surface area contributed by atoms with E-state index in [1.165, 1.54) is 0 Å². The van der Waals surface area contributed by atoms with Crippen molar-refractivity contribution in [1.82, 2.24) is 15.2 Å². The summed E-state index contributed by atoms with van der Waals surface area (Å²) in [5.74, 6) is 0.330. The first kappa shape index (κ1) is 14.5. The van der Waals surface area contributed by atoms with E-state index in [0.29, 0.717) is 18.0 Å². The van der Waals surface area contributed by atoms with Gasteiger partial charge < -0.3 is 9.84 Å². The van der Waals surface area contributed by atoms with Crippen LogP contribution in [-0.4, -0.2) is 33.2 Å². The van der Waals surface area contributed by atoms with Gasteiger partial charge in [0.1, 0.15) is 10.6 Å². The lowest BCUT2D eigenvalue weighted by atomic mass is 9.83. The zero-order chi connectivity index (χ0) is 14.1. The third kappa shape index (κ3) is 3.16. The summed E-state index contributed by atoms with van der Waals surface area (Å²) >= 11 is 0. The van der Waals surface area contributed by atoms with Crippen molar-refractivity contribution < 1.29 is 12.9 Å². The van der Waals surface area contributed by atoms with Crippen LogP contribution in [0.1, 0.15) is 31.2 Å². The maximum atomic E-state index is 12.3. The van der Waals surface area contributed by atoms with E-state index in [2.05, 4.69) is 22.1 Å². The van der Waals surface area contributed by atoms with E-state index < -0.39 is 10.0 Å². The molecule has 2 heterocycles. The highest BCUT2D eigenvalue weighted by Crippen LogP contribution is 2.26. The molecule has 0 aromatic carbocycles. The van der Waals surface area contributed by atoms with E-state index in [1.807, 2.05) is 0 Å². The average molecular weight is 287 g/mol. The second-order valence-electron chi connectivity index (χ2n) is 5.57. The molecule has 1 fully saturated rings. The summed E-state index contributed by atoms with van der Waals surface area (Å²) in [5, 5.41) is 6.99. The fourth-order valence-corrected chi connectivity index (χ4v) is 3.99. The molecule has 0 spiro atoms. The van der Waals surface area contributed by atoms with Crippen molar-refractivity contribution in [3.8, 4) is 0 Å². The Morgan fingerprint density at radius 1 is 1.47 bits per heavy atom. The maximum Gasteiger partial charge on any atom is 0.245 e. The van der Waals surface area contributed by atoms with Crippen LogP contribution < -0.4 is 10.0 Å². The second-order valence-corrected chi connectivity index (χ2v) is 7.27. The van der Waals surface area contributed by atoms with E-state index in [1.54, 1.807) is 13.8 Å². The maximum absolute atomic E-state index is 12.3. The number of hydrogen-bond acceptors (Lipinski definition) is 5. The van der Waals surface area contributed by atoms with Gasteiger partial charge in [0.05, 0.1) is 0 Å². The number of hydrogen-bond donors (Lipinski definition) is 2. The molecular weight excluding hydrogens is 266 g/mol. The Labute approximate surface area is 114 Å². The SMILES string of the molecule is Cc1noc(C)c1S(=O)(=O)NCC1(C)CCCNC1. The lowest BCUT2D eigenvalue weighted by Gasteiger charge is -2.34. The highest BCUT2D eigenvalue weighted by molar-refractivity contribution is 7.89.